The van der Waals surface area contributed by atoms with E-state index in [0.29, 0.717) is 5.56 Å². The van der Waals surface area contributed by atoms with Gasteiger partial charge in [0.05, 0.1) is 13.2 Å². The molecule has 0 saturated carbocycles. The Morgan fingerprint density at radius 1 is 1.14 bits per heavy atom. The van der Waals surface area contributed by atoms with Gasteiger partial charge in [-0.3, -0.25) is 0 Å². The van der Waals surface area contributed by atoms with Crippen LogP contribution in [0.25, 0.3) is 0 Å². The van der Waals surface area contributed by atoms with Crippen LogP contribution in [0.5, 0.6) is 5.75 Å². The maximum atomic E-state index is 14.6. The molecule has 0 aliphatic carbocycles. The van der Waals surface area contributed by atoms with Crippen LogP contribution >= 0.6 is 0 Å². The molecule has 2 nitrogen and oxygen atoms in total. The molecule has 2 aromatic rings. The molecule has 0 bridgehead atoms. The third kappa shape index (κ3) is 3.24. The third-order valence-corrected chi connectivity index (χ3v) is 3.68. The highest BCUT2D eigenvalue weighted by atomic mass is 19.1. The number of methoxy groups -OCH3 is 1. The lowest BCUT2D eigenvalue weighted by molar-refractivity contribution is 0.381. The summed E-state index contributed by atoms with van der Waals surface area (Å²) < 4.78 is 19.7. The Bertz CT molecular complexity index is 625. The van der Waals surface area contributed by atoms with Gasteiger partial charge in [-0.25, -0.2) is 4.39 Å². The van der Waals surface area contributed by atoms with E-state index in [-0.39, 0.29) is 17.6 Å². The summed E-state index contributed by atoms with van der Waals surface area (Å²) in [6, 6.07) is 11.4. The second kappa shape index (κ2) is 6.72. The van der Waals surface area contributed by atoms with Crippen molar-refractivity contribution in [2.24, 2.45) is 0 Å². The van der Waals surface area contributed by atoms with Crippen molar-refractivity contribution in [2.45, 2.75) is 26.8 Å². The minimum Gasteiger partial charge on any atom is -0.494 e. The monoisotopic (exact) mass is 287 g/mol. The number of rotatable bonds is 5. The average Bonchev–Trinajstić information content (AvgIpc) is 2.48. The lowest BCUT2D eigenvalue weighted by Gasteiger charge is -2.22. The number of benzene rings is 2. The quantitative estimate of drug-likeness (QED) is 0.892. The Labute approximate surface area is 126 Å². The summed E-state index contributed by atoms with van der Waals surface area (Å²) in [7, 11) is 1.49. The van der Waals surface area contributed by atoms with Gasteiger partial charge < -0.3 is 10.1 Å². The number of nitrogens with one attached hydrogen (secondary N) is 1. The molecule has 3 heteroatoms. The molecule has 0 aliphatic rings. The lowest BCUT2D eigenvalue weighted by atomic mass is 9.93. The van der Waals surface area contributed by atoms with Crippen LogP contribution in [0.1, 0.15) is 35.2 Å². The minimum absolute atomic E-state index is 0.176. The highest BCUT2D eigenvalue weighted by Gasteiger charge is 2.21. The van der Waals surface area contributed by atoms with Crippen molar-refractivity contribution in [3.63, 3.8) is 0 Å². The van der Waals surface area contributed by atoms with Gasteiger partial charge in [-0.15, -0.1) is 0 Å². The van der Waals surface area contributed by atoms with Crippen LogP contribution in [0, 0.1) is 19.7 Å². The number of aryl methyl sites for hydroxylation is 2. The maximum absolute atomic E-state index is 14.6. The molecule has 2 rings (SSSR count). The van der Waals surface area contributed by atoms with Crippen molar-refractivity contribution in [1.82, 2.24) is 5.32 Å². The number of halogens is 1. The van der Waals surface area contributed by atoms with Crippen LogP contribution in [0.3, 0.4) is 0 Å². The standard InChI is InChI=1S/C18H22FNO/c1-5-20-18(15-11-12(2)9-10-13(15)3)14-7-6-8-16(21-4)17(14)19/h6-11,18,20H,5H2,1-4H3. The van der Waals surface area contributed by atoms with E-state index >= 15 is 0 Å². The fourth-order valence-electron chi connectivity index (χ4n) is 2.57. The smallest absolute Gasteiger partial charge is 0.170 e. The molecule has 0 spiro atoms. The maximum Gasteiger partial charge on any atom is 0.170 e. The molecule has 0 aromatic heterocycles. The number of hydrogen-bond acceptors (Lipinski definition) is 2. The molecule has 112 valence electrons. The molecular formula is C18H22FNO. The fourth-order valence-corrected chi connectivity index (χ4v) is 2.57. The molecule has 1 N–H and O–H groups in total. The van der Waals surface area contributed by atoms with Crippen LogP contribution in [0.15, 0.2) is 36.4 Å². The van der Waals surface area contributed by atoms with Gasteiger partial charge in [0.25, 0.3) is 0 Å². The van der Waals surface area contributed by atoms with Gasteiger partial charge in [0.2, 0.25) is 0 Å². The molecule has 0 radical (unpaired) electrons. The van der Waals surface area contributed by atoms with Crippen LogP contribution < -0.4 is 10.1 Å². The minimum atomic E-state index is -0.299. The Hall–Kier alpha value is -1.87. The second-order valence-corrected chi connectivity index (χ2v) is 5.21. The first-order chi connectivity index (χ1) is 10.1. The summed E-state index contributed by atoms with van der Waals surface area (Å²) in [5.41, 5.74) is 4.03. The van der Waals surface area contributed by atoms with Crippen molar-refractivity contribution in [2.75, 3.05) is 13.7 Å². The van der Waals surface area contributed by atoms with Crippen LogP contribution in [0.4, 0.5) is 4.39 Å². The predicted molar refractivity (Wildman–Crippen MR) is 84.4 cm³/mol. The highest BCUT2D eigenvalue weighted by molar-refractivity contribution is 5.42. The molecule has 21 heavy (non-hydrogen) atoms. The lowest BCUT2D eigenvalue weighted by Crippen LogP contribution is -2.24. The fraction of sp³-hybridized carbons (Fsp3) is 0.333. The van der Waals surface area contributed by atoms with Gasteiger partial charge >= 0.3 is 0 Å². The molecule has 2 aromatic carbocycles. The largest absolute Gasteiger partial charge is 0.494 e. The van der Waals surface area contributed by atoms with Gasteiger partial charge in [-0.2, -0.15) is 0 Å². The summed E-state index contributed by atoms with van der Waals surface area (Å²) in [4.78, 5) is 0. The molecule has 0 aliphatic heterocycles. The van der Waals surface area contributed by atoms with Crippen molar-refractivity contribution < 1.29 is 9.13 Å². The summed E-state index contributed by atoms with van der Waals surface area (Å²) >= 11 is 0. The van der Waals surface area contributed by atoms with Gasteiger partial charge in [0, 0.05) is 5.56 Å². The highest BCUT2D eigenvalue weighted by Crippen LogP contribution is 2.31. The van der Waals surface area contributed by atoms with Crippen molar-refractivity contribution in [3.8, 4) is 5.75 Å². The summed E-state index contributed by atoms with van der Waals surface area (Å²) in [5, 5.41) is 3.38. The normalized spacial score (nSPS) is 12.2. The SMILES string of the molecule is CCNC(c1cc(C)ccc1C)c1cccc(OC)c1F. The Morgan fingerprint density at radius 2 is 1.90 bits per heavy atom. The van der Waals surface area contributed by atoms with E-state index in [1.165, 1.54) is 12.7 Å². The van der Waals surface area contributed by atoms with Gasteiger partial charge in [0.15, 0.2) is 11.6 Å². The molecule has 0 heterocycles. The van der Waals surface area contributed by atoms with Crippen LogP contribution in [0.2, 0.25) is 0 Å². The Kier molecular flexibility index (Phi) is 4.97. The topological polar surface area (TPSA) is 21.3 Å². The Morgan fingerprint density at radius 3 is 2.57 bits per heavy atom. The molecule has 0 fully saturated rings. The zero-order valence-corrected chi connectivity index (χ0v) is 13.0. The van der Waals surface area contributed by atoms with E-state index in [2.05, 4.69) is 30.4 Å². The van der Waals surface area contributed by atoms with Gasteiger partial charge in [-0.1, -0.05) is 42.8 Å². The summed E-state index contributed by atoms with van der Waals surface area (Å²) in [6.45, 7) is 6.88. The van der Waals surface area contributed by atoms with E-state index in [0.717, 1.165) is 17.7 Å². The molecule has 1 unspecified atom stereocenters. The molecule has 0 saturated heterocycles. The zero-order chi connectivity index (χ0) is 15.4. The first kappa shape index (κ1) is 15.5. The van der Waals surface area contributed by atoms with E-state index in [4.69, 9.17) is 4.74 Å². The van der Waals surface area contributed by atoms with Crippen molar-refractivity contribution in [1.29, 1.82) is 0 Å². The van der Waals surface area contributed by atoms with Crippen LogP contribution in [-0.4, -0.2) is 13.7 Å². The van der Waals surface area contributed by atoms with Crippen LogP contribution in [-0.2, 0) is 0 Å². The molecule has 0 amide bonds. The second-order valence-electron chi connectivity index (χ2n) is 5.21. The zero-order valence-electron chi connectivity index (χ0n) is 13.0. The van der Waals surface area contributed by atoms with Gasteiger partial charge in [-0.05, 0) is 37.6 Å². The van der Waals surface area contributed by atoms with Gasteiger partial charge in [0.1, 0.15) is 0 Å². The van der Waals surface area contributed by atoms with E-state index in [1.807, 2.05) is 26.0 Å². The molecule has 1 atom stereocenters. The first-order valence-corrected chi connectivity index (χ1v) is 7.21. The van der Waals surface area contributed by atoms with Crippen molar-refractivity contribution >= 4 is 0 Å². The summed E-state index contributed by atoms with van der Waals surface area (Å²) in [5.74, 6) is -0.0208. The third-order valence-electron chi connectivity index (χ3n) is 3.68. The molecular weight excluding hydrogens is 265 g/mol. The average molecular weight is 287 g/mol. The van der Waals surface area contributed by atoms with E-state index in [9.17, 15) is 4.39 Å². The Balaban J connectivity index is 2.56. The van der Waals surface area contributed by atoms with E-state index < -0.39 is 0 Å². The number of hydrogen-bond donors (Lipinski definition) is 1. The summed E-state index contributed by atoms with van der Waals surface area (Å²) in [6.07, 6.45) is 0. The van der Waals surface area contributed by atoms with Crippen molar-refractivity contribution in [3.05, 3.63) is 64.5 Å². The number of ether oxygens (including phenoxy) is 1. The predicted octanol–water partition coefficient (Wildman–Crippen LogP) is 4.15. The van der Waals surface area contributed by atoms with E-state index in [1.54, 1.807) is 6.07 Å². The first-order valence-electron chi connectivity index (χ1n) is 7.21.